The van der Waals surface area contributed by atoms with Gasteiger partial charge in [0.15, 0.2) is 5.58 Å². The molecule has 3 aromatic rings. The van der Waals surface area contributed by atoms with Gasteiger partial charge in [-0.2, -0.15) is 0 Å². The quantitative estimate of drug-likeness (QED) is 0.490. The van der Waals surface area contributed by atoms with E-state index in [4.69, 9.17) is 9.40 Å². The lowest BCUT2D eigenvalue weighted by molar-refractivity contribution is -0.0160. The van der Waals surface area contributed by atoms with Crippen molar-refractivity contribution in [2.45, 2.75) is 62.9 Å². The Bertz CT molecular complexity index is 1230. The Labute approximate surface area is 198 Å². The molecule has 5 aliphatic rings. The van der Waals surface area contributed by atoms with Crippen LogP contribution in [0.4, 0.5) is 9.18 Å². The van der Waals surface area contributed by atoms with Gasteiger partial charge in [0.1, 0.15) is 17.4 Å². The number of fused-ring (bicyclic) bond motifs is 1. The minimum atomic E-state index is -0.256. The number of benzene rings is 2. The van der Waals surface area contributed by atoms with Gasteiger partial charge >= 0.3 is 6.03 Å². The van der Waals surface area contributed by atoms with Crippen LogP contribution in [0.15, 0.2) is 46.9 Å². The summed E-state index contributed by atoms with van der Waals surface area (Å²) >= 11 is 0. The third kappa shape index (κ3) is 3.33. The van der Waals surface area contributed by atoms with Gasteiger partial charge in [-0.05, 0) is 92.9 Å². The van der Waals surface area contributed by atoms with Crippen molar-refractivity contribution in [2.24, 2.45) is 17.8 Å². The maximum atomic E-state index is 14.3. The first-order valence-electron chi connectivity index (χ1n) is 12.8. The number of hydrogen-bond donors (Lipinski definition) is 1. The molecule has 5 nitrogen and oxygen atoms in total. The zero-order valence-electron chi connectivity index (χ0n) is 19.3. The molecule has 1 saturated heterocycles. The van der Waals surface area contributed by atoms with Crippen LogP contribution in [0.25, 0.3) is 22.2 Å². The van der Waals surface area contributed by atoms with Crippen molar-refractivity contribution in [1.29, 1.82) is 0 Å². The zero-order valence-corrected chi connectivity index (χ0v) is 19.3. The molecule has 2 amide bonds. The number of hydrogen-bond acceptors (Lipinski definition) is 3. The van der Waals surface area contributed by atoms with Crippen molar-refractivity contribution in [1.82, 2.24) is 15.2 Å². The van der Waals surface area contributed by atoms with E-state index in [1.807, 2.05) is 29.2 Å². The fourth-order valence-electron chi connectivity index (χ4n) is 7.78. The highest BCUT2D eigenvalue weighted by Crippen LogP contribution is 2.55. The van der Waals surface area contributed by atoms with E-state index in [0.29, 0.717) is 22.6 Å². The Hall–Kier alpha value is -2.89. The Morgan fingerprint density at radius 3 is 2.53 bits per heavy atom. The van der Waals surface area contributed by atoms with E-state index >= 15 is 0 Å². The standard InChI is InChI=1S/C28H30FN3O2/c29-22-5-2-1-4-21(22)20-7-8-25-23(13-20)30-26(34-25)24-6-3-9-32(24)27(33)31-28-14-17-10-18(15-28)12-19(11-17)16-28/h1-2,4-5,7-8,13,17-19,24H,3,6,9-12,14-16H2,(H,31,33)/t17?,18?,19?,24-,28?/m1/s1. The third-order valence-electron chi connectivity index (χ3n) is 8.80. The Morgan fingerprint density at radius 1 is 1.06 bits per heavy atom. The first-order valence-corrected chi connectivity index (χ1v) is 12.8. The van der Waals surface area contributed by atoms with Crippen LogP contribution in [-0.4, -0.2) is 28.0 Å². The van der Waals surface area contributed by atoms with Crippen LogP contribution in [0.1, 0.15) is 63.3 Å². The zero-order chi connectivity index (χ0) is 22.9. The molecule has 4 bridgehead atoms. The highest BCUT2D eigenvalue weighted by molar-refractivity contribution is 5.81. The number of nitrogens with one attached hydrogen (secondary N) is 1. The van der Waals surface area contributed by atoms with E-state index in [0.717, 1.165) is 62.0 Å². The summed E-state index contributed by atoms with van der Waals surface area (Å²) in [5.41, 5.74) is 2.68. The lowest BCUT2D eigenvalue weighted by Crippen LogP contribution is -2.61. The van der Waals surface area contributed by atoms with E-state index in [9.17, 15) is 9.18 Å². The highest BCUT2D eigenvalue weighted by Gasteiger charge is 2.52. The second kappa shape index (κ2) is 7.56. The second-order valence-corrected chi connectivity index (χ2v) is 11.2. The maximum Gasteiger partial charge on any atom is 0.318 e. The summed E-state index contributed by atoms with van der Waals surface area (Å²) in [6.07, 6.45) is 9.30. The van der Waals surface area contributed by atoms with Gasteiger partial charge in [0, 0.05) is 17.6 Å². The number of rotatable bonds is 3. The topological polar surface area (TPSA) is 58.4 Å². The molecule has 1 aromatic heterocycles. The number of aromatic nitrogens is 1. The van der Waals surface area contributed by atoms with Gasteiger partial charge in [-0.15, -0.1) is 0 Å². The predicted molar refractivity (Wildman–Crippen MR) is 128 cm³/mol. The molecule has 1 atom stereocenters. The van der Waals surface area contributed by atoms with E-state index in [1.165, 1.54) is 25.3 Å². The third-order valence-corrected chi connectivity index (χ3v) is 8.80. The number of halogens is 1. The number of likely N-dealkylation sites (tertiary alicyclic amines) is 1. The summed E-state index contributed by atoms with van der Waals surface area (Å²) in [5.74, 6) is 2.71. The van der Waals surface area contributed by atoms with Crippen molar-refractivity contribution in [3.63, 3.8) is 0 Å². The van der Waals surface area contributed by atoms with Crippen LogP contribution in [0.5, 0.6) is 0 Å². The number of carbonyl (C=O) groups excluding carboxylic acids is 1. The van der Waals surface area contributed by atoms with Crippen LogP contribution < -0.4 is 5.32 Å². The van der Waals surface area contributed by atoms with Crippen molar-refractivity contribution in [3.05, 3.63) is 54.2 Å². The van der Waals surface area contributed by atoms with Gasteiger partial charge in [-0.25, -0.2) is 14.2 Å². The lowest BCUT2D eigenvalue weighted by Gasteiger charge is -2.57. The summed E-state index contributed by atoms with van der Waals surface area (Å²) in [5, 5.41) is 3.51. The molecule has 1 aliphatic heterocycles. The van der Waals surface area contributed by atoms with Crippen molar-refractivity contribution in [3.8, 4) is 11.1 Å². The Kier molecular flexibility index (Phi) is 4.55. The number of urea groups is 1. The smallest absolute Gasteiger partial charge is 0.318 e. The monoisotopic (exact) mass is 459 g/mol. The summed E-state index contributed by atoms with van der Waals surface area (Å²) in [6.45, 7) is 0.724. The molecule has 1 N–H and O–H groups in total. The normalized spacial score (nSPS) is 32.0. The number of oxazole rings is 1. The molecule has 4 aliphatic carbocycles. The van der Waals surface area contributed by atoms with Crippen molar-refractivity contribution < 1.29 is 13.6 Å². The minimum Gasteiger partial charge on any atom is -0.438 e. The summed E-state index contributed by atoms with van der Waals surface area (Å²) in [7, 11) is 0. The molecule has 0 spiro atoms. The SMILES string of the molecule is O=C(NC12CC3CC(CC(C3)C1)C2)N1CCC[C@@H]1c1nc2cc(-c3ccccc3F)ccc2o1. The lowest BCUT2D eigenvalue weighted by atomic mass is 9.53. The maximum absolute atomic E-state index is 14.3. The van der Waals surface area contributed by atoms with E-state index < -0.39 is 0 Å². The van der Waals surface area contributed by atoms with E-state index in [-0.39, 0.29) is 23.4 Å². The summed E-state index contributed by atoms with van der Waals surface area (Å²) < 4.78 is 20.4. The van der Waals surface area contributed by atoms with Gasteiger partial charge in [-0.1, -0.05) is 24.3 Å². The van der Waals surface area contributed by atoms with Gasteiger partial charge in [0.2, 0.25) is 5.89 Å². The van der Waals surface area contributed by atoms with Crippen LogP contribution in [0.2, 0.25) is 0 Å². The van der Waals surface area contributed by atoms with E-state index in [2.05, 4.69) is 5.32 Å². The van der Waals surface area contributed by atoms with Crippen LogP contribution in [0.3, 0.4) is 0 Å². The molecular formula is C28H30FN3O2. The molecule has 0 radical (unpaired) electrons. The van der Waals surface area contributed by atoms with Gasteiger partial charge in [0.05, 0.1) is 0 Å². The highest BCUT2D eigenvalue weighted by atomic mass is 19.1. The number of amides is 2. The average Bonchev–Trinajstić information content (AvgIpc) is 3.45. The predicted octanol–water partition coefficient (Wildman–Crippen LogP) is 6.45. The van der Waals surface area contributed by atoms with Crippen LogP contribution in [-0.2, 0) is 0 Å². The first kappa shape index (κ1) is 20.5. The average molecular weight is 460 g/mol. The van der Waals surface area contributed by atoms with Crippen LogP contribution in [0, 0.1) is 23.6 Å². The first-order chi connectivity index (χ1) is 16.6. The molecule has 0 unspecified atom stereocenters. The number of nitrogens with zero attached hydrogens (tertiary/aromatic N) is 2. The molecule has 176 valence electrons. The molecule has 2 heterocycles. The molecule has 2 aromatic carbocycles. The molecule has 34 heavy (non-hydrogen) atoms. The van der Waals surface area contributed by atoms with Crippen LogP contribution >= 0.6 is 0 Å². The Morgan fingerprint density at radius 2 is 1.79 bits per heavy atom. The molecule has 5 fully saturated rings. The van der Waals surface area contributed by atoms with Crippen molar-refractivity contribution >= 4 is 17.1 Å². The molecular weight excluding hydrogens is 429 g/mol. The van der Waals surface area contributed by atoms with Crippen molar-refractivity contribution in [2.75, 3.05) is 6.54 Å². The molecule has 6 heteroatoms. The molecule has 8 rings (SSSR count). The minimum absolute atomic E-state index is 0.00502. The van der Waals surface area contributed by atoms with Gasteiger partial charge in [0.25, 0.3) is 0 Å². The number of carbonyl (C=O) groups is 1. The molecule has 4 saturated carbocycles. The van der Waals surface area contributed by atoms with Gasteiger partial charge in [-0.3, -0.25) is 0 Å². The fraction of sp³-hybridized carbons (Fsp3) is 0.500. The van der Waals surface area contributed by atoms with E-state index in [1.54, 1.807) is 12.1 Å². The van der Waals surface area contributed by atoms with Gasteiger partial charge < -0.3 is 14.6 Å². The largest absolute Gasteiger partial charge is 0.438 e. The fourth-order valence-corrected chi connectivity index (χ4v) is 7.78. The Balaban J connectivity index is 1.14. The second-order valence-electron chi connectivity index (χ2n) is 11.2. The summed E-state index contributed by atoms with van der Waals surface area (Å²) in [6, 6.07) is 12.2. The summed E-state index contributed by atoms with van der Waals surface area (Å²) in [4.78, 5) is 20.2.